The van der Waals surface area contributed by atoms with Crippen molar-refractivity contribution in [1.82, 2.24) is 18.7 Å². The number of aliphatic hydroxyl groups is 2. The van der Waals surface area contributed by atoms with Crippen molar-refractivity contribution < 1.29 is 14.9 Å². The van der Waals surface area contributed by atoms with Crippen molar-refractivity contribution in [2.75, 3.05) is 13.7 Å². The molecule has 1 fully saturated rings. The first-order chi connectivity index (χ1) is 16.8. The molecule has 0 spiro atoms. The zero-order valence-electron chi connectivity index (χ0n) is 20.0. The largest absolute Gasteiger partial charge is 0.497 e. The van der Waals surface area contributed by atoms with E-state index in [1.165, 1.54) is 11.7 Å². The lowest BCUT2D eigenvalue weighted by Crippen LogP contribution is -2.40. The van der Waals surface area contributed by atoms with Crippen LogP contribution in [-0.2, 0) is 26.1 Å². The van der Waals surface area contributed by atoms with Gasteiger partial charge in [0.25, 0.3) is 5.56 Å². The number of methoxy groups -OCH3 is 1. The normalized spacial score (nSPS) is 17.8. The van der Waals surface area contributed by atoms with Gasteiger partial charge in [0.15, 0.2) is 11.2 Å². The zero-order valence-corrected chi connectivity index (χ0v) is 20.0. The highest BCUT2D eigenvalue weighted by Crippen LogP contribution is 2.28. The summed E-state index contributed by atoms with van der Waals surface area (Å²) in [6.45, 7) is 1.80. The van der Waals surface area contributed by atoms with Gasteiger partial charge >= 0.3 is 5.69 Å². The number of rotatable bonds is 9. The van der Waals surface area contributed by atoms with Crippen LogP contribution in [-0.4, -0.2) is 62.3 Å². The third kappa shape index (κ3) is 4.57. The predicted octanol–water partition coefficient (Wildman–Crippen LogP) is -0.0541. The molecular formula is C24H30BN5O5. The molecule has 2 radical (unpaired) electrons. The van der Waals surface area contributed by atoms with Gasteiger partial charge < -0.3 is 24.9 Å². The van der Waals surface area contributed by atoms with Crippen molar-refractivity contribution >= 4 is 30.2 Å². The summed E-state index contributed by atoms with van der Waals surface area (Å²) < 4.78 is 9.38. The van der Waals surface area contributed by atoms with Gasteiger partial charge in [-0.05, 0) is 31.4 Å². The Labute approximate surface area is 203 Å². The molecule has 1 aromatic carbocycles. The van der Waals surface area contributed by atoms with Gasteiger partial charge in [0.2, 0.25) is 0 Å². The van der Waals surface area contributed by atoms with Gasteiger partial charge in [0.1, 0.15) is 19.4 Å². The maximum absolute atomic E-state index is 13.4. The van der Waals surface area contributed by atoms with Gasteiger partial charge in [-0.2, -0.15) is 0 Å². The number of nitrogens with one attached hydrogen (secondary N) is 1. The molecule has 4 rings (SSSR count). The molecular weight excluding hydrogens is 449 g/mol. The molecule has 2 heterocycles. The maximum Gasteiger partial charge on any atom is 0.332 e. The zero-order chi connectivity index (χ0) is 25.3. The minimum absolute atomic E-state index is 0.0136. The lowest BCUT2D eigenvalue weighted by molar-refractivity contribution is 0.159. The van der Waals surface area contributed by atoms with Crippen LogP contribution < -0.4 is 21.4 Å². The van der Waals surface area contributed by atoms with E-state index in [0.29, 0.717) is 29.2 Å². The number of aliphatic hydroxyl groups excluding tert-OH is 2. The molecule has 1 unspecified atom stereocenters. The Morgan fingerprint density at radius 2 is 2.03 bits per heavy atom. The molecule has 0 saturated heterocycles. The van der Waals surface area contributed by atoms with Gasteiger partial charge in [-0.1, -0.05) is 24.0 Å². The maximum atomic E-state index is 13.4. The van der Waals surface area contributed by atoms with Crippen LogP contribution >= 0.6 is 0 Å². The highest BCUT2D eigenvalue weighted by molar-refractivity contribution is 6.34. The van der Waals surface area contributed by atoms with Crippen molar-refractivity contribution in [3.8, 4) is 5.75 Å². The van der Waals surface area contributed by atoms with E-state index in [9.17, 15) is 19.8 Å². The highest BCUT2D eigenvalue weighted by Gasteiger charge is 2.30. The molecule has 1 aliphatic rings. The number of hydrogen-bond donors (Lipinski definition) is 3. The number of fused-ring (bicyclic) bond motifs is 1. The van der Waals surface area contributed by atoms with Crippen LogP contribution in [0.2, 0.25) is 0 Å². The summed E-state index contributed by atoms with van der Waals surface area (Å²) in [5, 5.41) is 28.5. The molecule has 0 amide bonds. The van der Waals surface area contributed by atoms with Crippen LogP contribution in [0.1, 0.15) is 37.6 Å². The standard InChI is InChI=1S/C24H30BN5O5/c1-3-28-23(33)21-22(29(9-10-31)24(28)34)27-20(12-17(26)15-5-4-6-18(15)32)30(21)13-14-7-8-19(35-2)16(25)11-14/h7-8,11,15,18,26,31-32H,3-6,9-10,12-13H2,1-2H3/t15?,18-/m1/s1. The van der Waals surface area contributed by atoms with Gasteiger partial charge in [-0.15, -0.1) is 0 Å². The second-order valence-electron chi connectivity index (χ2n) is 8.88. The first kappa shape index (κ1) is 24.9. The number of hydrogen-bond acceptors (Lipinski definition) is 7. The van der Waals surface area contributed by atoms with Crippen LogP contribution in [0.3, 0.4) is 0 Å². The van der Waals surface area contributed by atoms with Gasteiger partial charge in [0.05, 0.1) is 26.4 Å². The fourth-order valence-electron chi connectivity index (χ4n) is 4.93. The van der Waals surface area contributed by atoms with Crippen LogP contribution in [0.15, 0.2) is 27.8 Å². The Kier molecular flexibility index (Phi) is 7.27. The van der Waals surface area contributed by atoms with E-state index in [-0.39, 0.29) is 49.7 Å². The van der Waals surface area contributed by atoms with Crippen molar-refractivity contribution in [2.24, 2.45) is 5.92 Å². The minimum atomic E-state index is -0.563. The van der Waals surface area contributed by atoms with E-state index in [4.69, 9.17) is 18.0 Å². The van der Waals surface area contributed by atoms with Crippen molar-refractivity contribution in [3.05, 3.63) is 50.4 Å². The summed E-state index contributed by atoms with van der Waals surface area (Å²) >= 11 is 0. The lowest BCUT2D eigenvalue weighted by atomic mass is 9.93. The first-order valence-corrected chi connectivity index (χ1v) is 11.8. The summed E-state index contributed by atoms with van der Waals surface area (Å²) in [6.07, 6.45) is 1.80. The Hall–Kier alpha value is -3.18. The fourth-order valence-corrected chi connectivity index (χ4v) is 4.93. The molecule has 3 aromatic rings. The van der Waals surface area contributed by atoms with Crippen LogP contribution in [0.25, 0.3) is 11.2 Å². The number of imidazole rings is 1. The lowest BCUT2D eigenvalue weighted by Gasteiger charge is -2.17. The first-order valence-electron chi connectivity index (χ1n) is 11.8. The molecule has 184 valence electrons. The Balaban J connectivity index is 1.91. The molecule has 3 N–H and O–H groups in total. The third-order valence-electron chi connectivity index (χ3n) is 6.74. The van der Waals surface area contributed by atoms with Crippen LogP contribution in [0, 0.1) is 11.3 Å². The van der Waals surface area contributed by atoms with Gasteiger partial charge in [-0.3, -0.25) is 13.9 Å². The molecule has 10 nitrogen and oxygen atoms in total. The van der Waals surface area contributed by atoms with Gasteiger partial charge in [0, 0.05) is 31.1 Å². The molecule has 11 heteroatoms. The Morgan fingerprint density at radius 3 is 2.63 bits per heavy atom. The summed E-state index contributed by atoms with van der Waals surface area (Å²) in [6, 6.07) is 5.33. The highest BCUT2D eigenvalue weighted by atomic mass is 16.5. The smallest absolute Gasteiger partial charge is 0.332 e. The molecule has 1 aliphatic carbocycles. The average molecular weight is 479 g/mol. The number of ether oxygens (including phenoxy) is 1. The van der Waals surface area contributed by atoms with E-state index >= 15 is 0 Å². The van der Waals surface area contributed by atoms with E-state index < -0.39 is 17.4 Å². The van der Waals surface area contributed by atoms with Gasteiger partial charge in [-0.25, -0.2) is 9.78 Å². The van der Waals surface area contributed by atoms with Crippen molar-refractivity contribution in [1.29, 1.82) is 5.41 Å². The number of aromatic nitrogens is 4. The topological polar surface area (TPSA) is 135 Å². The van der Waals surface area contributed by atoms with Crippen molar-refractivity contribution in [2.45, 2.75) is 58.3 Å². The van der Waals surface area contributed by atoms with E-state index in [2.05, 4.69) is 4.98 Å². The molecule has 35 heavy (non-hydrogen) atoms. The molecule has 1 saturated carbocycles. The number of nitrogens with zero attached hydrogens (tertiary/aromatic N) is 4. The van der Waals surface area contributed by atoms with Crippen LogP contribution in [0.4, 0.5) is 0 Å². The SMILES string of the molecule is [B]c1cc(Cn2c(CC(=N)C3CCC[C@H]3O)nc3c2c(=O)n(CC)c(=O)n3CCO)ccc1OC. The van der Waals surface area contributed by atoms with Crippen molar-refractivity contribution in [3.63, 3.8) is 0 Å². The summed E-state index contributed by atoms with van der Waals surface area (Å²) in [7, 11) is 7.63. The molecule has 2 aromatic heterocycles. The van der Waals surface area contributed by atoms with E-state index in [0.717, 1.165) is 23.0 Å². The summed E-state index contributed by atoms with van der Waals surface area (Å²) in [5.41, 5.74) is 0.964. The summed E-state index contributed by atoms with van der Waals surface area (Å²) in [4.78, 5) is 31.0. The summed E-state index contributed by atoms with van der Waals surface area (Å²) in [5.74, 6) is 0.717. The van der Waals surface area contributed by atoms with E-state index in [1.807, 2.05) is 6.07 Å². The Bertz CT molecular complexity index is 1380. The molecule has 0 bridgehead atoms. The molecule has 2 atom stereocenters. The number of benzene rings is 1. The second kappa shape index (κ2) is 10.2. The fraction of sp³-hybridized carbons (Fsp3) is 0.500. The Morgan fingerprint density at radius 1 is 1.26 bits per heavy atom. The predicted molar refractivity (Wildman–Crippen MR) is 133 cm³/mol. The third-order valence-corrected chi connectivity index (χ3v) is 6.74. The second-order valence-corrected chi connectivity index (χ2v) is 8.88. The quantitative estimate of drug-likeness (QED) is 0.291. The van der Waals surface area contributed by atoms with Crippen LogP contribution in [0.5, 0.6) is 5.75 Å². The van der Waals surface area contributed by atoms with E-state index in [1.54, 1.807) is 23.6 Å². The minimum Gasteiger partial charge on any atom is -0.497 e. The average Bonchev–Trinajstić information content (AvgIpc) is 3.41. The molecule has 0 aliphatic heterocycles. The monoisotopic (exact) mass is 479 g/mol.